The molecule has 0 heterocycles. The number of carboxylic acids is 1. The molecule has 0 aromatic heterocycles. The van der Waals surface area contributed by atoms with Crippen LogP contribution in [0.5, 0.6) is 5.75 Å². The Labute approximate surface area is 212 Å². The van der Waals surface area contributed by atoms with Gasteiger partial charge in [-0.1, -0.05) is 53.6 Å². The third-order valence-electron chi connectivity index (χ3n) is 6.79. The smallest absolute Gasteiger partial charge is 0.339 e. The summed E-state index contributed by atoms with van der Waals surface area (Å²) in [5, 5.41) is 10.0. The molecule has 0 spiro atoms. The molecule has 190 valence electrons. The number of aryl methyl sites for hydroxylation is 2. The molecule has 0 saturated heterocycles. The molecule has 1 aliphatic carbocycles. The van der Waals surface area contributed by atoms with Crippen LogP contribution in [0.15, 0.2) is 54.6 Å². The third-order valence-corrected chi connectivity index (χ3v) is 6.79. The summed E-state index contributed by atoms with van der Waals surface area (Å²) in [7, 11) is 1.63. The van der Waals surface area contributed by atoms with Gasteiger partial charge in [0.15, 0.2) is 0 Å². The Balaban J connectivity index is 1.55. The molecule has 0 amide bonds. The summed E-state index contributed by atoms with van der Waals surface area (Å²) in [6.45, 7) is 8.92. The fraction of sp³-hybridized carbons (Fsp3) is 0.367. The summed E-state index contributed by atoms with van der Waals surface area (Å²) in [6.07, 6.45) is 0. The van der Waals surface area contributed by atoms with Crippen molar-refractivity contribution in [3.05, 3.63) is 88.0 Å². The number of hydrogen-bond acceptors (Lipinski definition) is 5. The van der Waals surface area contributed by atoms with Gasteiger partial charge >= 0.3 is 5.97 Å². The van der Waals surface area contributed by atoms with Gasteiger partial charge in [0.1, 0.15) is 17.9 Å². The largest absolute Gasteiger partial charge is 0.490 e. The number of aromatic carboxylic acids is 1. The van der Waals surface area contributed by atoms with E-state index >= 15 is 0 Å². The van der Waals surface area contributed by atoms with Crippen LogP contribution in [-0.4, -0.2) is 57.8 Å². The summed E-state index contributed by atoms with van der Waals surface area (Å²) < 4.78 is 21.6. The van der Waals surface area contributed by atoms with E-state index in [0.717, 1.165) is 5.56 Å². The van der Waals surface area contributed by atoms with Crippen LogP contribution < -0.4 is 4.74 Å². The molecule has 0 fully saturated rings. The summed E-state index contributed by atoms with van der Waals surface area (Å²) in [6, 6.07) is 18.5. The molecule has 36 heavy (non-hydrogen) atoms. The number of rotatable bonds is 12. The van der Waals surface area contributed by atoms with Gasteiger partial charge in [-0.3, -0.25) is 0 Å². The van der Waals surface area contributed by atoms with Gasteiger partial charge in [-0.05, 0) is 60.7 Å². The van der Waals surface area contributed by atoms with Crippen molar-refractivity contribution in [2.45, 2.75) is 26.2 Å². The fourth-order valence-corrected chi connectivity index (χ4v) is 4.88. The molecular formula is C30H34O6. The molecule has 0 aliphatic heterocycles. The predicted octanol–water partition coefficient (Wildman–Crippen LogP) is 5.39. The van der Waals surface area contributed by atoms with Gasteiger partial charge in [0.25, 0.3) is 0 Å². The lowest BCUT2D eigenvalue weighted by Crippen LogP contribution is -2.23. The molecule has 0 unspecified atom stereocenters. The quantitative estimate of drug-likeness (QED) is 0.343. The second-order valence-electron chi connectivity index (χ2n) is 9.31. The van der Waals surface area contributed by atoms with Crippen LogP contribution in [0.2, 0.25) is 0 Å². The van der Waals surface area contributed by atoms with Gasteiger partial charge in [-0.25, -0.2) is 4.79 Å². The van der Waals surface area contributed by atoms with Crippen molar-refractivity contribution in [3.63, 3.8) is 0 Å². The molecule has 0 atom stereocenters. The van der Waals surface area contributed by atoms with Gasteiger partial charge < -0.3 is 24.1 Å². The van der Waals surface area contributed by atoms with E-state index < -0.39 is 11.4 Å². The minimum atomic E-state index is -1.02. The molecule has 0 radical (unpaired) electrons. The molecule has 4 rings (SSSR count). The van der Waals surface area contributed by atoms with Gasteiger partial charge in [0, 0.05) is 12.5 Å². The van der Waals surface area contributed by atoms with Gasteiger partial charge in [-0.15, -0.1) is 0 Å². The molecule has 6 nitrogen and oxygen atoms in total. The highest BCUT2D eigenvalue weighted by molar-refractivity contribution is 5.92. The van der Waals surface area contributed by atoms with E-state index in [1.165, 1.54) is 33.4 Å². The molecule has 1 N–H and O–H groups in total. The standard InChI is InChI=1S/C30H34O6/c1-20-5-8-23-24-9-6-21(2)18-27(24)30(3,26(23)17-20)22-7-10-28(25(19-22)29(31)32)36-16-15-35-14-13-34-12-11-33-4/h5-10,17-19H,11-16H2,1-4H3,(H,31,32). The van der Waals surface area contributed by atoms with Crippen LogP contribution in [0, 0.1) is 13.8 Å². The Bertz CT molecular complexity index is 1180. The Morgan fingerprint density at radius 1 is 0.778 bits per heavy atom. The molecule has 0 saturated carbocycles. The van der Waals surface area contributed by atoms with Crippen molar-refractivity contribution < 1.29 is 28.8 Å². The lowest BCUT2D eigenvalue weighted by molar-refractivity contribution is 0.0178. The second kappa shape index (κ2) is 11.2. The van der Waals surface area contributed by atoms with Crippen LogP contribution in [0.25, 0.3) is 11.1 Å². The topological polar surface area (TPSA) is 74.2 Å². The van der Waals surface area contributed by atoms with E-state index in [1.807, 2.05) is 6.07 Å². The number of carboxylic acid groups (broad SMARTS) is 1. The highest BCUT2D eigenvalue weighted by Crippen LogP contribution is 2.53. The number of ether oxygens (including phenoxy) is 4. The fourth-order valence-electron chi connectivity index (χ4n) is 4.88. The van der Waals surface area contributed by atoms with Crippen LogP contribution in [0.3, 0.4) is 0 Å². The summed E-state index contributed by atoms with van der Waals surface area (Å²) in [4.78, 5) is 12.2. The minimum Gasteiger partial charge on any atom is -0.490 e. The Morgan fingerprint density at radius 3 is 1.89 bits per heavy atom. The first-order valence-electron chi connectivity index (χ1n) is 12.2. The number of fused-ring (bicyclic) bond motifs is 3. The monoisotopic (exact) mass is 490 g/mol. The molecule has 1 aliphatic rings. The molecule has 0 bridgehead atoms. The van der Waals surface area contributed by atoms with Gasteiger partial charge in [0.2, 0.25) is 0 Å². The third kappa shape index (κ3) is 5.16. The van der Waals surface area contributed by atoms with Crippen molar-refractivity contribution in [2.24, 2.45) is 0 Å². The lowest BCUT2D eigenvalue weighted by Gasteiger charge is -2.29. The van der Waals surface area contributed by atoms with E-state index in [2.05, 4.69) is 57.2 Å². The van der Waals surface area contributed by atoms with E-state index in [9.17, 15) is 9.90 Å². The van der Waals surface area contributed by atoms with Crippen molar-refractivity contribution in [1.29, 1.82) is 0 Å². The normalized spacial score (nSPS) is 13.3. The average Bonchev–Trinajstić information content (AvgIpc) is 3.11. The van der Waals surface area contributed by atoms with Crippen LogP contribution >= 0.6 is 0 Å². The van der Waals surface area contributed by atoms with Crippen LogP contribution in [0.4, 0.5) is 0 Å². The van der Waals surface area contributed by atoms with Crippen molar-refractivity contribution in [3.8, 4) is 16.9 Å². The maximum Gasteiger partial charge on any atom is 0.339 e. The summed E-state index contributed by atoms with van der Waals surface area (Å²) in [5.74, 6) is -0.684. The zero-order chi connectivity index (χ0) is 25.7. The number of hydrogen-bond donors (Lipinski definition) is 1. The predicted molar refractivity (Wildman–Crippen MR) is 139 cm³/mol. The van der Waals surface area contributed by atoms with Crippen LogP contribution in [0.1, 0.15) is 45.1 Å². The Hall–Kier alpha value is -3.19. The van der Waals surface area contributed by atoms with E-state index in [-0.39, 0.29) is 12.2 Å². The molecule has 3 aromatic rings. The van der Waals surface area contributed by atoms with Crippen molar-refractivity contribution >= 4 is 5.97 Å². The maximum atomic E-state index is 12.2. The van der Waals surface area contributed by atoms with Gasteiger partial charge in [0.05, 0.1) is 33.0 Å². The molecule has 3 aromatic carbocycles. The number of carbonyl (C=O) groups is 1. The highest BCUT2D eigenvalue weighted by atomic mass is 16.6. The van der Waals surface area contributed by atoms with Gasteiger partial charge in [-0.2, -0.15) is 0 Å². The van der Waals surface area contributed by atoms with Crippen molar-refractivity contribution in [2.75, 3.05) is 46.8 Å². The van der Waals surface area contributed by atoms with E-state index in [0.29, 0.717) is 38.8 Å². The zero-order valence-corrected chi connectivity index (χ0v) is 21.4. The first-order chi connectivity index (χ1) is 17.4. The number of benzene rings is 3. The summed E-state index contributed by atoms with van der Waals surface area (Å²) in [5.41, 5.74) is 7.71. The second-order valence-corrected chi connectivity index (χ2v) is 9.31. The Morgan fingerprint density at radius 2 is 1.33 bits per heavy atom. The first kappa shape index (κ1) is 25.9. The zero-order valence-electron chi connectivity index (χ0n) is 21.4. The van der Waals surface area contributed by atoms with Crippen molar-refractivity contribution in [1.82, 2.24) is 0 Å². The molecular weight excluding hydrogens is 456 g/mol. The molecule has 6 heteroatoms. The summed E-state index contributed by atoms with van der Waals surface area (Å²) >= 11 is 0. The van der Waals surface area contributed by atoms with Crippen LogP contribution in [-0.2, 0) is 19.6 Å². The maximum absolute atomic E-state index is 12.2. The van der Waals surface area contributed by atoms with E-state index in [1.54, 1.807) is 19.2 Å². The highest BCUT2D eigenvalue weighted by Gasteiger charge is 2.41. The SMILES string of the molecule is COCCOCCOCCOc1ccc(C2(C)c3cc(C)ccc3-c3ccc(C)cc32)cc1C(=O)O. The Kier molecular flexibility index (Phi) is 8.09. The lowest BCUT2D eigenvalue weighted by atomic mass is 9.73. The minimum absolute atomic E-state index is 0.145. The first-order valence-corrected chi connectivity index (χ1v) is 12.2. The van der Waals surface area contributed by atoms with E-state index in [4.69, 9.17) is 18.9 Å². The average molecular weight is 491 g/mol. The number of methoxy groups -OCH3 is 1.